The minimum atomic E-state index is -2.05. The lowest BCUT2D eigenvalue weighted by Crippen LogP contribution is -2.56. The Bertz CT molecular complexity index is 602. The summed E-state index contributed by atoms with van der Waals surface area (Å²) in [6, 6.07) is 2.59. The second-order valence-corrected chi connectivity index (χ2v) is 7.75. The van der Waals surface area contributed by atoms with Gasteiger partial charge in [-0.05, 0) is 38.3 Å². The monoisotopic (exact) mass is 365 g/mol. The van der Waals surface area contributed by atoms with Crippen molar-refractivity contribution in [2.45, 2.75) is 57.3 Å². The molecule has 1 saturated heterocycles. The lowest BCUT2D eigenvalue weighted by atomic mass is 9.84. The van der Waals surface area contributed by atoms with Gasteiger partial charge in [0.1, 0.15) is 11.9 Å². The molecule has 2 heterocycles. The Hall–Kier alpha value is -1.70. The lowest BCUT2D eigenvalue weighted by molar-refractivity contribution is -0.161. The fourth-order valence-electron chi connectivity index (χ4n) is 3.27. The third-order valence-corrected chi connectivity index (χ3v) is 4.92. The third kappa shape index (κ3) is 5.40. The Morgan fingerprint density at radius 1 is 1.46 bits per heavy atom. The van der Waals surface area contributed by atoms with Crippen LogP contribution in [0.3, 0.4) is 0 Å². The van der Waals surface area contributed by atoms with E-state index in [2.05, 4.69) is 16.9 Å². The summed E-state index contributed by atoms with van der Waals surface area (Å²) in [5, 5.41) is 20.2. The van der Waals surface area contributed by atoms with Crippen LogP contribution in [0.4, 0.5) is 0 Å². The van der Waals surface area contributed by atoms with Gasteiger partial charge < -0.3 is 25.6 Å². The van der Waals surface area contributed by atoms with Gasteiger partial charge in [0.2, 0.25) is 0 Å². The van der Waals surface area contributed by atoms with Gasteiger partial charge in [-0.1, -0.05) is 13.8 Å². The molecule has 1 aliphatic heterocycles. The number of pyridine rings is 1. The number of hydrogen-bond acceptors (Lipinski definition) is 6. The number of nitrogens with zero attached hydrogens (tertiary/aromatic N) is 2. The zero-order chi connectivity index (χ0) is 19.3. The van der Waals surface area contributed by atoms with Crippen molar-refractivity contribution in [2.24, 2.45) is 11.7 Å². The highest BCUT2D eigenvalue weighted by atomic mass is 16.5. The molecule has 7 nitrogen and oxygen atoms in total. The predicted molar refractivity (Wildman–Crippen MR) is 99.1 cm³/mol. The summed E-state index contributed by atoms with van der Waals surface area (Å²) in [7, 11) is 2.09. The van der Waals surface area contributed by atoms with Gasteiger partial charge in [-0.15, -0.1) is 0 Å². The number of carboxylic acid groups (broad SMARTS) is 1. The number of aromatic nitrogens is 1. The van der Waals surface area contributed by atoms with Crippen molar-refractivity contribution >= 4 is 5.97 Å². The molecule has 2 unspecified atom stereocenters. The molecule has 146 valence electrons. The highest BCUT2D eigenvalue weighted by molar-refractivity contribution is 5.78. The number of aliphatic carboxylic acids is 1. The third-order valence-electron chi connectivity index (χ3n) is 4.92. The average molecular weight is 365 g/mol. The van der Waals surface area contributed by atoms with Crippen LogP contribution in [-0.2, 0) is 11.2 Å². The standard InChI is InChI=1S/C19H31N3O4/c1-13(2)10-17(20)19(25,18(23)24)12-14-11-16(4-7-21-14)26-15-5-8-22(3)9-6-15/h4,7,11,13,15,17,25H,5-6,8-10,12,20H2,1-3H3,(H,23,24). The number of rotatable bonds is 8. The molecule has 0 aliphatic carbocycles. The number of carboxylic acids is 1. The van der Waals surface area contributed by atoms with Crippen LogP contribution in [0.5, 0.6) is 5.75 Å². The molecular formula is C19H31N3O4. The zero-order valence-electron chi connectivity index (χ0n) is 15.9. The van der Waals surface area contributed by atoms with Crippen LogP contribution >= 0.6 is 0 Å². The summed E-state index contributed by atoms with van der Waals surface area (Å²) >= 11 is 0. The van der Waals surface area contributed by atoms with Gasteiger partial charge in [0.05, 0.1) is 0 Å². The van der Waals surface area contributed by atoms with E-state index in [0.717, 1.165) is 25.9 Å². The van der Waals surface area contributed by atoms with Gasteiger partial charge in [-0.3, -0.25) is 4.98 Å². The van der Waals surface area contributed by atoms with E-state index in [1.807, 2.05) is 13.8 Å². The Balaban J connectivity index is 2.08. The number of carbonyl (C=O) groups is 1. The van der Waals surface area contributed by atoms with Crippen molar-refractivity contribution in [3.05, 3.63) is 24.0 Å². The van der Waals surface area contributed by atoms with Crippen LogP contribution in [0.25, 0.3) is 0 Å². The smallest absolute Gasteiger partial charge is 0.337 e. The highest BCUT2D eigenvalue weighted by Crippen LogP contribution is 2.24. The molecule has 7 heteroatoms. The van der Waals surface area contributed by atoms with Crippen molar-refractivity contribution < 1.29 is 19.7 Å². The minimum Gasteiger partial charge on any atom is -0.490 e. The molecule has 4 N–H and O–H groups in total. The first-order valence-electron chi connectivity index (χ1n) is 9.22. The maximum atomic E-state index is 11.7. The molecule has 0 spiro atoms. The molecule has 1 aromatic rings. The van der Waals surface area contributed by atoms with Crippen molar-refractivity contribution in [2.75, 3.05) is 20.1 Å². The Kier molecular flexibility index (Phi) is 6.97. The Labute approximate surface area is 155 Å². The van der Waals surface area contributed by atoms with E-state index >= 15 is 0 Å². The fraction of sp³-hybridized carbons (Fsp3) is 0.684. The van der Waals surface area contributed by atoms with E-state index < -0.39 is 17.6 Å². The molecule has 0 bridgehead atoms. The normalized spacial score (nSPS) is 19.9. The van der Waals surface area contributed by atoms with Gasteiger partial charge in [0.15, 0.2) is 5.60 Å². The van der Waals surface area contributed by atoms with E-state index in [1.165, 1.54) is 0 Å². The minimum absolute atomic E-state index is 0.142. The van der Waals surface area contributed by atoms with Crippen molar-refractivity contribution in [3.63, 3.8) is 0 Å². The highest BCUT2D eigenvalue weighted by Gasteiger charge is 2.43. The van der Waals surface area contributed by atoms with E-state index in [4.69, 9.17) is 10.5 Å². The molecule has 1 fully saturated rings. The molecule has 2 atom stereocenters. The number of nitrogens with two attached hydrogens (primary N) is 1. The molecule has 0 amide bonds. The van der Waals surface area contributed by atoms with Crippen LogP contribution in [0.1, 0.15) is 38.8 Å². The summed E-state index contributed by atoms with van der Waals surface area (Å²) in [6.45, 7) is 5.86. The topological polar surface area (TPSA) is 109 Å². The van der Waals surface area contributed by atoms with Gasteiger partial charge in [-0.25, -0.2) is 4.79 Å². The van der Waals surface area contributed by atoms with Crippen LogP contribution in [-0.4, -0.2) is 64.0 Å². The van der Waals surface area contributed by atoms with Crippen LogP contribution < -0.4 is 10.5 Å². The van der Waals surface area contributed by atoms with Crippen LogP contribution in [0, 0.1) is 5.92 Å². The zero-order valence-corrected chi connectivity index (χ0v) is 15.9. The Morgan fingerprint density at radius 2 is 2.12 bits per heavy atom. The predicted octanol–water partition coefficient (Wildman–Crippen LogP) is 1.29. The maximum Gasteiger partial charge on any atom is 0.337 e. The van der Waals surface area contributed by atoms with Crippen molar-refractivity contribution in [1.82, 2.24) is 9.88 Å². The summed E-state index contributed by atoms with van der Waals surface area (Å²) < 4.78 is 6.02. The summed E-state index contributed by atoms with van der Waals surface area (Å²) in [5.41, 5.74) is 4.41. The summed E-state index contributed by atoms with van der Waals surface area (Å²) in [6.07, 6.45) is 3.88. The number of aliphatic hydroxyl groups is 1. The largest absolute Gasteiger partial charge is 0.490 e. The number of ether oxygens (including phenoxy) is 1. The molecule has 0 radical (unpaired) electrons. The molecular weight excluding hydrogens is 334 g/mol. The lowest BCUT2D eigenvalue weighted by Gasteiger charge is -2.31. The first-order chi connectivity index (χ1) is 12.2. The first-order valence-corrected chi connectivity index (χ1v) is 9.22. The van der Waals surface area contributed by atoms with Crippen LogP contribution in [0.2, 0.25) is 0 Å². The SMILES string of the molecule is CC(C)CC(N)C(O)(Cc1cc(OC2CCN(C)CC2)ccn1)C(=O)O. The fourth-order valence-corrected chi connectivity index (χ4v) is 3.27. The number of piperidine rings is 1. The van der Waals surface area contributed by atoms with Gasteiger partial charge >= 0.3 is 5.97 Å². The van der Waals surface area contributed by atoms with Crippen molar-refractivity contribution in [1.29, 1.82) is 0 Å². The first kappa shape index (κ1) is 20.6. The molecule has 1 aromatic heterocycles. The van der Waals surface area contributed by atoms with Gasteiger partial charge in [0.25, 0.3) is 0 Å². The molecule has 0 aromatic carbocycles. The molecule has 26 heavy (non-hydrogen) atoms. The van der Waals surface area contributed by atoms with E-state index in [9.17, 15) is 15.0 Å². The summed E-state index contributed by atoms with van der Waals surface area (Å²) in [4.78, 5) is 18.2. The number of likely N-dealkylation sites (tertiary alicyclic amines) is 1. The Morgan fingerprint density at radius 3 is 2.69 bits per heavy atom. The molecule has 1 aliphatic rings. The van der Waals surface area contributed by atoms with E-state index in [1.54, 1.807) is 18.3 Å². The quantitative estimate of drug-likeness (QED) is 0.637. The summed E-state index contributed by atoms with van der Waals surface area (Å²) in [5.74, 6) is -0.494. The number of hydrogen-bond donors (Lipinski definition) is 3. The second kappa shape index (κ2) is 8.79. The van der Waals surface area contributed by atoms with E-state index in [0.29, 0.717) is 17.9 Å². The average Bonchev–Trinajstić information content (AvgIpc) is 2.56. The van der Waals surface area contributed by atoms with E-state index in [-0.39, 0.29) is 18.4 Å². The van der Waals surface area contributed by atoms with Gasteiger partial charge in [0, 0.05) is 43.5 Å². The second-order valence-electron chi connectivity index (χ2n) is 7.75. The van der Waals surface area contributed by atoms with Gasteiger partial charge in [-0.2, -0.15) is 0 Å². The van der Waals surface area contributed by atoms with Crippen molar-refractivity contribution in [3.8, 4) is 5.75 Å². The maximum absolute atomic E-state index is 11.7. The van der Waals surface area contributed by atoms with Crippen LogP contribution in [0.15, 0.2) is 18.3 Å². The molecule has 0 saturated carbocycles. The molecule has 2 rings (SSSR count).